The Hall–Kier alpha value is -0.780. The van der Waals surface area contributed by atoms with Gasteiger partial charge < -0.3 is 14.7 Å². The lowest BCUT2D eigenvalue weighted by Crippen LogP contribution is -2.65. The highest BCUT2D eigenvalue weighted by Gasteiger charge is 2.53. The molecule has 1 heterocycles. The number of hydrogen-bond acceptors (Lipinski definition) is 3. The van der Waals surface area contributed by atoms with Crippen molar-refractivity contribution in [3.05, 3.63) is 27.7 Å². The van der Waals surface area contributed by atoms with Crippen molar-refractivity contribution in [1.82, 2.24) is 4.90 Å². The van der Waals surface area contributed by atoms with E-state index in [1.54, 1.807) is 23.1 Å². The Morgan fingerprint density at radius 2 is 2.20 bits per heavy atom. The van der Waals surface area contributed by atoms with E-state index in [1.807, 2.05) is 0 Å². The summed E-state index contributed by atoms with van der Waals surface area (Å²) in [4.78, 5) is 13.6. The summed E-state index contributed by atoms with van der Waals surface area (Å²) in [6.07, 6.45) is 2.15. The third-order valence-electron chi connectivity index (χ3n) is 3.86. The average molecular weight is 361 g/mol. The molecule has 1 amide bonds. The third kappa shape index (κ3) is 2.80. The van der Waals surface area contributed by atoms with Gasteiger partial charge in [0.25, 0.3) is 5.91 Å². The van der Waals surface area contributed by atoms with Gasteiger partial charge in [0, 0.05) is 4.47 Å². The number of rotatable bonds is 4. The molecule has 2 aliphatic rings. The standard InChI is InChI=1S/C14H15BrClNO3/c15-10-3-4-12(11(16)5-10)20-6-13(18)17-7-14(19,8-17)9-1-2-9/h3-5,9,19H,1-2,6-8H2. The largest absolute Gasteiger partial charge is 0.482 e. The number of ether oxygens (including phenoxy) is 1. The van der Waals surface area contributed by atoms with E-state index < -0.39 is 5.60 Å². The predicted octanol–water partition coefficient (Wildman–Crippen LogP) is 2.46. The molecule has 0 bridgehead atoms. The minimum absolute atomic E-state index is 0.0535. The number of likely N-dealkylation sites (tertiary alicyclic amines) is 1. The van der Waals surface area contributed by atoms with E-state index in [9.17, 15) is 9.90 Å². The summed E-state index contributed by atoms with van der Waals surface area (Å²) in [6, 6.07) is 5.24. The molecule has 1 aromatic carbocycles. The number of β-amino-alcohol motifs (C(OH)–C–C–N with tert-alkyl or cyclic N) is 1. The zero-order valence-corrected chi connectivity index (χ0v) is 13.2. The fraction of sp³-hybridized carbons (Fsp3) is 0.500. The van der Waals surface area contributed by atoms with Crippen LogP contribution < -0.4 is 4.74 Å². The first-order chi connectivity index (χ1) is 9.48. The molecule has 1 aliphatic carbocycles. The summed E-state index contributed by atoms with van der Waals surface area (Å²) >= 11 is 9.32. The quantitative estimate of drug-likeness (QED) is 0.897. The summed E-state index contributed by atoms with van der Waals surface area (Å²) in [5.74, 6) is 0.754. The summed E-state index contributed by atoms with van der Waals surface area (Å²) in [5.41, 5.74) is -0.648. The molecule has 4 nitrogen and oxygen atoms in total. The van der Waals surface area contributed by atoms with Crippen LogP contribution in [0.5, 0.6) is 5.75 Å². The van der Waals surface area contributed by atoms with Crippen LogP contribution in [0.15, 0.2) is 22.7 Å². The van der Waals surface area contributed by atoms with Crippen molar-refractivity contribution in [3.8, 4) is 5.75 Å². The predicted molar refractivity (Wildman–Crippen MR) is 78.9 cm³/mol. The highest BCUT2D eigenvalue weighted by Crippen LogP contribution is 2.44. The van der Waals surface area contributed by atoms with E-state index >= 15 is 0 Å². The molecular formula is C14H15BrClNO3. The number of aliphatic hydroxyl groups is 1. The molecule has 2 fully saturated rings. The molecule has 3 rings (SSSR count). The topological polar surface area (TPSA) is 49.8 Å². The van der Waals surface area contributed by atoms with E-state index in [0.29, 0.717) is 29.8 Å². The molecule has 1 saturated heterocycles. The molecule has 6 heteroatoms. The Balaban J connectivity index is 1.50. The van der Waals surface area contributed by atoms with Gasteiger partial charge in [0.2, 0.25) is 0 Å². The molecule has 1 aliphatic heterocycles. The van der Waals surface area contributed by atoms with Gasteiger partial charge in [-0.2, -0.15) is 0 Å². The molecule has 0 spiro atoms. The first-order valence-corrected chi connectivity index (χ1v) is 7.73. The minimum Gasteiger partial charge on any atom is -0.482 e. The highest BCUT2D eigenvalue weighted by molar-refractivity contribution is 9.10. The normalized spacial score (nSPS) is 20.4. The minimum atomic E-state index is -0.648. The van der Waals surface area contributed by atoms with Crippen LogP contribution in [0.2, 0.25) is 5.02 Å². The number of carbonyl (C=O) groups is 1. The first kappa shape index (κ1) is 14.2. The van der Waals surface area contributed by atoms with Gasteiger partial charge >= 0.3 is 0 Å². The molecule has 1 saturated carbocycles. The van der Waals surface area contributed by atoms with Gasteiger partial charge in [-0.05, 0) is 37.0 Å². The molecule has 1 N–H and O–H groups in total. The zero-order chi connectivity index (χ0) is 14.3. The average Bonchev–Trinajstić information content (AvgIpc) is 3.18. The van der Waals surface area contributed by atoms with Gasteiger partial charge in [-0.1, -0.05) is 27.5 Å². The number of amides is 1. The Labute approximate surface area is 130 Å². The van der Waals surface area contributed by atoms with E-state index in [1.165, 1.54) is 0 Å². The van der Waals surface area contributed by atoms with Gasteiger partial charge in [0.05, 0.1) is 18.1 Å². The van der Waals surface area contributed by atoms with Crippen molar-refractivity contribution >= 4 is 33.4 Å². The Morgan fingerprint density at radius 1 is 1.50 bits per heavy atom. The summed E-state index contributed by atoms with van der Waals surface area (Å²) in [7, 11) is 0. The third-order valence-corrected chi connectivity index (χ3v) is 4.65. The fourth-order valence-electron chi connectivity index (χ4n) is 2.49. The van der Waals surface area contributed by atoms with Crippen molar-refractivity contribution in [3.63, 3.8) is 0 Å². The van der Waals surface area contributed by atoms with Gasteiger partial charge in [0.1, 0.15) is 11.4 Å². The molecule has 1 aromatic rings. The van der Waals surface area contributed by atoms with E-state index in [4.69, 9.17) is 16.3 Å². The van der Waals surface area contributed by atoms with Gasteiger partial charge in [0.15, 0.2) is 6.61 Å². The number of benzene rings is 1. The highest BCUT2D eigenvalue weighted by atomic mass is 79.9. The monoisotopic (exact) mass is 359 g/mol. The lowest BCUT2D eigenvalue weighted by Gasteiger charge is -2.46. The van der Waals surface area contributed by atoms with Gasteiger partial charge in [-0.15, -0.1) is 0 Å². The molecule has 0 aromatic heterocycles. The van der Waals surface area contributed by atoms with Crippen molar-refractivity contribution < 1.29 is 14.6 Å². The van der Waals surface area contributed by atoms with Crippen LogP contribution in [-0.4, -0.2) is 41.2 Å². The van der Waals surface area contributed by atoms with Crippen molar-refractivity contribution in [2.45, 2.75) is 18.4 Å². The summed E-state index contributed by atoms with van der Waals surface area (Å²) in [5, 5.41) is 10.6. The molecule has 0 unspecified atom stereocenters. The molecule has 108 valence electrons. The molecular weight excluding hydrogens is 346 g/mol. The van der Waals surface area contributed by atoms with Crippen LogP contribution in [0.25, 0.3) is 0 Å². The second kappa shape index (κ2) is 5.20. The second-order valence-corrected chi connectivity index (χ2v) is 6.81. The van der Waals surface area contributed by atoms with Crippen molar-refractivity contribution in [2.75, 3.05) is 19.7 Å². The van der Waals surface area contributed by atoms with Gasteiger partial charge in [-0.25, -0.2) is 0 Å². The second-order valence-electron chi connectivity index (χ2n) is 5.49. The van der Waals surface area contributed by atoms with Gasteiger partial charge in [-0.3, -0.25) is 4.79 Å². The van der Waals surface area contributed by atoms with Crippen LogP contribution in [0.3, 0.4) is 0 Å². The maximum absolute atomic E-state index is 11.9. The number of carbonyl (C=O) groups excluding carboxylic acids is 1. The van der Waals surface area contributed by atoms with Crippen LogP contribution in [0.1, 0.15) is 12.8 Å². The summed E-state index contributed by atoms with van der Waals surface area (Å²) < 4.78 is 6.29. The van der Waals surface area contributed by atoms with Crippen molar-refractivity contribution in [1.29, 1.82) is 0 Å². The fourth-order valence-corrected chi connectivity index (χ4v) is 3.22. The van der Waals surface area contributed by atoms with Crippen LogP contribution >= 0.6 is 27.5 Å². The first-order valence-electron chi connectivity index (χ1n) is 6.56. The summed E-state index contributed by atoms with van der Waals surface area (Å²) in [6.45, 7) is 0.796. The molecule has 20 heavy (non-hydrogen) atoms. The number of hydrogen-bond donors (Lipinski definition) is 1. The Morgan fingerprint density at radius 3 is 2.80 bits per heavy atom. The smallest absolute Gasteiger partial charge is 0.260 e. The van der Waals surface area contributed by atoms with E-state index in [0.717, 1.165) is 17.3 Å². The molecule has 0 radical (unpaired) electrons. The lowest BCUT2D eigenvalue weighted by molar-refractivity contribution is -0.161. The zero-order valence-electron chi connectivity index (χ0n) is 10.8. The maximum Gasteiger partial charge on any atom is 0.260 e. The van der Waals surface area contributed by atoms with Crippen LogP contribution in [0, 0.1) is 5.92 Å². The SMILES string of the molecule is O=C(COc1ccc(Br)cc1Cl)N1CC(O)(C2CC2)C1. The number of nitrogens with zero attached hydrogens (tertiary/aromatic N) is 1. The van der Waals surface area contributed by atoms with Crippen LogP contribution in [0.4, 0.5) is 0 Å². The van der Waals surface area contributed by atoms with E-state index in [-0.39, 0.29) is 12.5 Å². The number of halogens is 2. The van der Waals surface area contributed by atoms with Crippen LogP contribution in [-0.2, 0) is 4.79 Å². The lowest BCUT2D eigenvalue weighted by atomic mass is 9.89. The maximum atomic E-state index is 11.9. The molecule has 0 atom stereocenters. The Bertz CT molecular complexity index is 541. The van der Waals surface area contributed by atoms with Crippen molar-refractivity contribution in [2.24, 2.45) is 5.92 Å². The van der Waals surface area contributed by atoms with E-state index in [2.05, 4.69) is 15.9 Å². The Kier molecular flexibility index (Phi) is 3.69.